The minimum Gasteiger partial charge on any atom is -0.311 e. The molecule has 1 aromatic carbocycles. The summed E-state index contributed by atoms with van der Waals surface area (Å²) in [5.41, 5.74) is 2.22. The lowest BCUT2D eigenvalue weighted by Gasteiger charge is -2.06. The SMILES string of the molecule is Cn1c(=O)ccc2c(CBr)cccc21. The molecule has 0 bridgehead atoms. The van der Waals surface area contributed by atoms with Gasteiger partial charge in [-0.05, 0) is 17.7 Å². The molecule has 0 radical (unpaired) electrons. The molecule has 1 aromatic heterocycles. The van der Waals surface area contributed by atoms with Crippen molar-refractivity contribution in [3.8, 4) is 0 Å². The monoisotopic (exact) mass is 251 g/mol. The van der Waals surface area contributed by atoms with E-state index < -0.39 is 0 Å². The molecule has 1 heterocycles. The fraction of sp³-hybridized carbons (Fsp3) is 0.182. The van der Waals surface area contributed by atoms with Gasteiger partial charge in [-0.3, -0.25) is 4.79 Å². The van der Waals surface area contributed by atoms with E-state index in [9.17, 15) is 4.79 Å². The quantitative estimate of drug-likeness (QED) is 0.714. The maximum absolute atomic E-state index is 11.4. The summed E-state index contributed by atoms with van der Waals surface area (Å²) < 4.78 is 1.67. The normalized spacial score (nSPS) is 10.7. The minimum atomic E-state index is 0.0317. The second kappa shape index (κ2) is 3.58. The fourth-order valence-electron chi connectivity index (χ4n) is 1.59. The maximum atomic E-state index is 11.4. The number of halogens is 1. The molecule has 0 saturated carbocycles. The Bertz CT molecular complexity index is 530. The zero-order chi connectivity index (χ0) is 10.1. The van der Waals surface area contributed by atoms with E-state index in [4.69, 9.17) is 0 Å². The molecule has 2 aromatic rings. The number of alkyl halides is 1. The lowest BCUT2D eigenvalue weighted by Crippen LogP contribution is -2.15. The van der Waals surface area contributed by atoms with Crippen LogP contribution < -0.4 is 5.56 Å². The van der Waals surface area contributed by atoms with E-state index in [2.05, 4.69) is 22.0 Å². The summed E-state index contributed by atoms with van der Waals surface area (Å²) in [6.07, 6.45) is 0. The van der Waals surface area contributed by atoms with Gasteiger partial charge in [-0.15, -0.1) is 0 Å². The Morgan fingerprint density at radius 1 is 1.29 bits per heavy atom. The van der Waals surface area contributed by atoms with Crippen LogP contribution in [0, 0.1) is 0 Å². The van der Waals surface area contributed by atoms with Gasteiger partial charge in [-0.25, -0.2) is 0 Å². The van der Waals surface area contributed by atoms with E-state index in [-0.39, 0.29) is 5.56 Å². The average Bonchev–Trinajstić information content (AvgIpc) is 2.23. The molecule has 0 saturated heterocycles. The van der Waals surface area contributed by atoms with Crippen LogP contribution in [0.5, 0.6) is 0 Å². The summed E-state index contributed by atoms with van der Waals surface area (Å²) in [7, 11) is 1.79. The van der Waals surface area contributed by atoms with Crippen LogP contribution in [-0.4, -0.2) is 4.57 Å². The van der Waals surface area contributed by atoms with Crippen LogP contribution in [0.1, 0.15) is 5.56 Å². The molecule has 0 aliphatic carbocycles. The molecule has 0 amide bonds. The Kier molecular flexibility index (Phi) is 2.42. The van der Waals surface area contributed by atoms with Gasteiger partial charge in [0.25, 0.3) is 5.56 Å². The molecule has 0 N–H and O–H groups in total. The summed E-state index contributed by atoms with van der Waals surface area (Å²) in [5, 5.41) is 1.94. The van der Waals surface area contributed by atoms with Crippen molar-refractivity contribution in [2.24, 2.45) is 7.05 Å². The number of aromatic nitrogens is 1. The van der Waals surface area contributed by atoms with E-state index in [0.29, 0.717) is 0 Å². The first-order valence-corrected chi connectivity index (χ1v) is 5.50. The van der Waals surface area contributed by atoms with Gasteiger partial charge in [0.05, 0.1) is 5.52 Å². The van der Waals surface area contributed by atoms with Gasteiger partial charge < -0.3 is 4.57 Å². The van der Waals surface area contributed by atoms with Crippen molar-refractivity contribution in [3.05, 3.63) is 46.2 Å². The highest BCUT2D eigenvalue weighted by Crippen LogP contribution is 2.18. The van der Waals surface area contributed by atoms with Gasteiger partial charge in [0.1, 0.15) is 0 Å². The van der Waals surface area contributed by atoms with Crippen LogP contribution in [0.15, 0.2) is 35.1 Å². The van der Waals surface area contributed by atoms with Crippen LogP contribution in [0.25, 0.3) is 10.9 Å². The smallest absolute Gasteiger partial charge is 0.250 e. The molecule has 0 aliphatic heterocycles. The number of hydrogen-bond donors (Lipinski definition) is 0. The third-order valence-electron chi connectivity index (χ3n) is 2.40. The van der Waals surface area contributed by atoms with Gasteiger partial charge in [0.2, 0.25) is 0 Å². The van der Waals surface area contributed by atoms with Crippen LogP contribution in [0.4, 0.5) is 0 Å². The zero-order valence-corrected chi connectivity index (χ0v) is 9.41. The maximum Gasteiger partial charge on any atom is 0.250 e. The largest absolute Gasteiger partial charge is 0.311 e. The lowest BCUT2D eigenvalue weighted by atomic mass is 10.1. The number of aryl methyl sites for hydroxylation is 1. The molecule has 0 spiro atoms. The highest BCUT2D eigenvalue weighted by atomic mass is 79.9. The Morgan fingerprint density at radius 3 is 2.79 bits per heavy atom. The van der Waals surface area contributed by atoms with Crippen molar-refractivity contribution in [1.29, 1.82) is 0 Å². The number of hydrogen-bond acceptors (Lipinski definition) is 1. The van der Waals surface area contributed by atoms with Gasteiger partial charge in [0.15, 0.2) is 0 Å². The van der Waals surface area contributed by atoms with Crippen LogP contribution in [0.2, 0.25) is 0 Å². The topological polar surface area (TPSA) is 22.0 Å². The Labute approximate surface area is 90.3 Å². The lowest BCUT2D eigenvalue weighted by molar-refractivity contribution is 0.905. The van der Waals surface area contributed by atoms with Gasteiger partial charge in [-0.1, -0.05) is 28.1 Å². The highest BCUT2D eigenvalue weighted by Gasteiger charge is 2.02. The number of benzene rings is 1. The van der Waals surface area contributed by atoms with Crippen molar-refractivity contribution < 1.29 is 0 Å². The van der Waals surface area contributed by atoms with Gasteiger partial charge >= 0.3 is 0 Å². The van der Waals surface area contributed by atoms with E-state index in [1.165, 1.54) is 5.56 Å². The van der Waals surface area contributed by atoms with Crippen LogP contribution in [-0.2, 0) is 12.4 Å². The van der Waals surface area contributed by atoms with E-state index in [0.717, 1.165) is 16.2 Å². The first-order valence-electron chi connectivity index (χ1n) is 4.37. The van der Waals surface area contributed by atoms with Crippen molar-refractivity contribution in [1.82, 2.24) is 4.57 Å². The van der Waals surface area contributed by atoms with Crippen LogP contribution in [0.3, 0.4) is 0 Å². The number of nitrogens with zero attached hydrogens (tertiary/aromatic N) is 1. The molecule has 2 rings (SSSR count). The van der Waals surface area contributed by atoms with Crippen molar-refractivity contribution >= 4 is 26.8 Å². The first-order chi connectivity index (χ1) is 6.74. The average molecular weight is 252 g/mol. The van der Waals surface area contributed by atoms with Crippen LogP contribution >= 0.6 is 15.9 Å². The van der Waals surface area contributed by atoms with Crippen molar-refractivity contribution in [2.75, 3.05) is 0 Å². The summed E-state index contributed by atoms with van der Waals surface area (Å²) in [5.74, 6) is 0. The van der Waals surface area contributed by atoms with Gasteiger partial charge in [0, 0.05) is 23.8 Å². The standard InChI is InChI=1S/C11H10BrNO/c1-13-10-4-2-3-8(7-12)9(10)5-6-11(13)14/h2-6H,7H2,1H3. The molecule has 72 valence electrons. The minimum absolute atomic E-state index is 0.0317. The third kappa shape index (κ3) is 1.38. The molecule has 2 nitrogen and oxygen atoms in total. The second-order valence-corrected chi connectivity index (χ2v) is 3.77. The number of rotatable bonds is 1. The molecular formula is C11H10BrNO. The fourth-order valence-corrected chi connectivity index (χ4v) is 2.08. The summed E-state index contributed by atoms with van der Waals surface area (Å²) >= 11 is 3.43. The number of pyridine rings is 1. The Balaban J connectivity index is 2.93. The van der Waals surface area contributed by atoms with Crippen molar-refractivity contribution in [2.45, 2.75) is 5.33 Å². The Morgan fingerprint density at radius 2 is 2.07 bits per heavy atom. The predicted molar refractivity (Wildman–Crippen MR) is 61.8 cm³/mol. The third-order valence-corrected chi connectivity index (χ3v) is 3.01. The molecule has 0 aliphatic rings. The highest BCUT2D eigenvalue weighted by molar-refractivity contribution is 9.08. The molecule has 3 heteroatoms. The summed E-state index contributed by atoms with van der Waals surface area (Å²) in [6, 6.07) is 9.48. The van der Waals surface area contributed by atoms with Crippen molar-refractivity contribution in [3.63, 3.8) is 0 Å². The van der Waals surface area contributed by atoms with E-state index in [1.807, 2.05) is 18.2 Å². The summed E-state index contributed by atoms with van der Waals surface area (Å²) in [4.78, 5) is 11.4. The predicted octanol–water partition coefficient (Wildman–Crippen LogP) is 2.43. The molecular weight excluding hydrogens is 242 g/mol. The zero-order valence-electron chi connectivity index (χ0n) is 7.83. The van der Waals surface area contributed by atoms with E-state index in [1.54, 1.807) is 17.7 Å². The van der Waals surface area contributed by atoms with E-state index >= 15 is 0 Å². The molecule has 14 heavy (non-hydrogen) atoms. The first kappa shape index (κ1) is 9.46. The molecule has 0 atom stereocenters. The number of fused-ring (bicyclic) bond motifs is 1. The summed E-state index contributed by atoms with van der Waals surface area (Å²) in [6.45, 7) is 0. The second-order valence-electron chi connectivity index (χ2n) is 3.21. The molecule has 0 unspecified atom stereocenters. The molecule has 0 fully saturated rings. The Hall–Kier alpha value is -1.09. The van der Waals surface area contributed by atoms with Gasteiger partial charge in [-0.2, -0.15) is 0 Å².